The van der Waals surface area contributed by atoms with Crippen LogP contribution in [0.4, 0.5) is 0 Å². The third kappa shape index (κ3) is 22.1. The average Bonchev–Trinajstić information content (AvgIpc) is 2.65. The monoisotopic (exact) mass is 384 g/mol. The maximum atomic E-state index is 10.0. The number of unbranched alkanes of at least 4 members (excludes halogenated alkanes) is 16. The Labute approximate surface area is 171 Å². The van der Waals surface area contributed by atoms with Crippen molar-refractivity contribution in [2.24, 2.45) is 0 Å². The van der Waals surface area contributed by atoms with E-state index in [2.05, 4.69) is 13.8 Å². The van der Waals surface area contributed by atoms with Gasteiger partial charge in [0.15, 0.2) is 0 Å². The van der Waals surface area contributed by atoms with Gasteiger partial charge in [0, 0.05) is 0 Å². The smallest absolute Gasteiger partial charge is 0.0564 e. The molecule has 0 amide bonds. The largest absolute Gasteiger partial charge is 0.393 e. The number of rotatable bonds is 22. The summed E-state index contributed by atoms with van der Waals surface area (Å²) in [7, 11) is 0. The van der Waals surface area contributed by atoms with Gasteiger partial charge in [0.1, 0.15) is 0 Å². The molecule has 0 aliphatic heterocycles. The fourth-order valence-corrected chi connectivity index (χ4v) is 3.93. The van der Waals surface area contributed by atoms with Crippen LogP contribution in [-0.2, 0) is 0 Å². The Morgan fingerprint density at radius 1 is 0.407 bits per heavy atom. The van der Waals surface area contributed by atoms with E-state index in [1.807, 2.05) is 0 Å². The lowest BCUT2D eigenvalue weighted by Crippen LogP contribution is -2.17. The van der Waals surface area contributed by atoms with E-state index in [9.17, 15) is 10.2 Å². The van der Waals surface area contributed by atoms with Gasteiger partial charge in [-0.1, -0.05) is 129 Å². The molecule has 0 spiro atoms. The third-order valence-electron chi connectivity index (χ3n) is 5.83. The van der Waals surface area contributed by atoms with Gasteiger partial charge in [-0.25, -0.2) is 0 Å². The Morgan fingerprint density at radius 3 is 1.04 bits per heavy atom. The van der Waals surface area contributed by atoms with Crippen molar-refractivity contribution in [3.8, 4) is 0 Å². The van der Waals surface area contributed by atoms with E-state index in [0.29, 0.717) is 6.42 Å². The molecule has 0 saturated heterocycles. The minimum atomic E-state index is -0.303. The molecule has 0 radical (unpaired) electrons. The summed E-state index contributed by atoms with van der Waals surface area (Å²) in [5.41, 5.74) is 0. The van der Waals surface area contributed by atoms with E-state index in [4.69, 9.17) is 0 Å². The van der Waals surface area contributed by atoms with Crippen LogP contribution >= 0.6 is 0 Å². The van der Waals surface area contributed by atoms with Crippen molar-refractivity contribution in [3.05, 3.63) is 0 Å². The zero-order valence-electron chi connectivity index (χ0n) is 18.9. The zero-order chi connectivity index (χ0) is 20.0. The predicted octanol–water partition coefficient (Wildman–Crippen LogP) is 7.94. The molecule has 2 N–H and O–H groups in total. The Balaban J connectivity index is 3.19. The lowest BCUT2D eigenvalue weighted by atomic mass is 10.00. The number of aliphatic hydroxyl groups is 2. The minimum absolute atomic E-state index is 0.302. The summed E-state index contributed by atoms with van der Waals surface area (Å²) in [5, 5.41) is 19.9. The maximum absolute atomic E-state index is 10.0. The number of hydrogen-bond donors (Lipinski definition) is 2. The van der Waals surface area contributed by atoms with Gasteiger partial charge < -0.3 is 10.2 Å². The Morgan fingerprint density at radius 2 is 0.667 bits per heavy atom. The van der Waals surface area contributed by atoms with E-state index in [-0.39, 0.29) is 12.2 Å². The molecule has 0 aromatic heterocycles. The molecule has 0 heterocycles. The summed E-state index contributed by atoms with van der Waals surface area (Å²) in [6.45, 7) is 4.46. The summed E-state index contributed by atoms with van der Waals surface area (Å²) >= 11 is 0. The highest BCUT2D eigenvalue weighted by Crippen LogP contribution is 2.16. The molecule has 0 aliphatic rings. The van der Waals surface area contributed by atoms with Crippen molar-refractivity contribution in [1.29, 1.82) is 0 Å². The van der Waals surface area contributed by atoms with Crippen molar-refractivity contribution >= 4 is 0 Å². The van der Waals surface area contributed by atoms with Crippen LogP contribution in [-0.4, -0.2) is 22.4 Å². The van der Waals surface area contributed by atoms with Crippen molar-refractivity contribution in [3.63, 3.8) is 0 Å². The van der Waals surface area contributed by atoms with Gasteiger partial charge in [0.25, 0.3) is 0 Å². The summed E-state index contributed by atoms with van der Waals surface area (Å²) < 4.78 is 0. The molecule has 0 unspecified atom stereocenters. The SMILES string of the molecule is CCCCCCCCCCCCCCCCC[C@@H](O)C[C@@H](O)CCCCC. The molecule has 0 aromatic rings. The lowest BCUT2D eigenvalue weighted by Gasteiger charge is -2.15. The second-order valence-electron chi connectivity index (χ2n) is 8.78. The fourth-order valence-electron chi connectivity index (χ4n) is 3.93. The second kappa shape index (κ2) is 22.2. The standard InChI is InChI=1S/C25H52O2/c1-3-5-7-8-9-10-11-12-13-14-15-16-17-18-20-22-25(27)23-24(26)21-19-6-4-2/h24-27H,3-23H2,1-2H3/t24-,25+/m0/s1. The summed E-state index contributed by atoms with van der Waals surface area (Å²) in [5.74, 6) is 0. The van der Waals surface area contributed by atoms with Gasteiger partial charge in [-0.05, 0) is 19.3 Å². The first-order valence-electron chi connectivity index (χ1n) is 12.6. The van der Waals surface area contributed by atoms with Crippen molar-refractivity contribution in [2.75, 3.05) is 0 Å². The van der Waals surface area contributed by atoms with Crippen LogP contribution < -0.4 is 0 Å². The van der Waals surface area contributed by atoms with Crippen LogP contribution in [0.5, 0.6) is 0 Å². The lowest BCUT2D eigenvalue weighted by molar-refractivity contribution is 0.0681. The molecular weight excluding hydrogens is 332 g/mol. The summed E-state index contributed by atoms with van der Waals surface area (Å²) in [4.78, 5) is 0. The molecule has 0 rings (SSSR count). The highest BCUT2D eigenvalue weighted by Gasteiger charge is 2.11. The molecule has 2 nitrogen and oxygen atoms in total. The van der Waals surface area contributed by atoms with Gasteiger partial charge in [-0.15, -0.1) is 0 Å². The van der Waals surface area contributed by atoms with Crippen LogP contribution in [0.3, 0.4) is 0 Å². The van der Waals surface area contributed by atoms with Gasteiger partial charge >= 0.3 is 0 Å². The number of aliphatic hydroxyl groups excluding tert-OH is 2. The van der Waals surface area contributed by atoms with Crippen molar-refractivity contribution in [2.45, 2.75) is 161 Å². The van der Waals surface area contributed by atoms with Gasteiger partial charge in [0.05, 0.1) is 12.2 Å². The molecule has 2 atom stereocenters. The minimum Gasteiger partial charge on any atom is -0.393 e. The first kappa shape index (κ1) is 26.9. The molecule has 0 aliphatic carbocycles. The Kier molecular flexibility index (Phi) is 22.1. The van der Waals surface area contributed by atoms with E-state index >= 15 is 0 Å². The fraction of sp³-hybridized carbons (Fsp3) is 1.00. The first-order valence-corrected chi connectivity index (χ1v) is 12.6. The van der Waals surface area contributed by atoms with E-state index in [1.54, 1.807) is 0 Å². The highest BCUT2D eigenvalue weighted by molar-refractivity contribution is 4.64. The number of hydrogen-bond acceptors (Lipinski definition) is 2. The van der Waals surface area contributed by atoms with Gasteiger partial charge in [0.2, 0.25) is 0 Å². The zero-order valence-corrected chi connectivity index (χ0v) is 18.9. The summed E-state index contributed by atoms with van der Waals surface area (Å²) in [6.07, 6.45) is 25.8. The molecule has 27 heavy (non-hydrogen) atoms. The quantitative estimate of drug-likeness (QED) is 0.186. The first-order chi connectivity index (χ1) is 13.2. The van der Waals surface area contributed by atoms with Crippen molar-refractivity contribution < 1.29 is 10.2 Å². The van der Waals surface area contributed by atoms with Crippen LogP contribution in [0.15, 0.2) is 0 Å². The maximum Gasteiger partial charge on any atom is 0.0564 e. The summed E-state index contributed by atoms with van der Waals surface area (Å²) in [6, 6.07) is 0. The Bertz CT molecular complexity index is 267. The molecule has 0 fully saturated rings. The normalized spacial score (nSPS) is 13.8. The van der Waals surface area contributed by atoms with Gasteiger partial charge in [-0.3, -0.25) is 0 Å². The second-order valence-corrected chi connectivity index (χ2v) is 8.78. The van der Waals surface area contributed by atoms with Crippen LogP contribution in [0.2, 0.25) is 0 Å². The molecule has 0 aromatic carbocycles. The van der Waals surface area contributed by atoms with Crippen LogP contribution in [0, 0.1) is 0 Å². The van der Waals surface area contributed by atoms with Gasteiger partial charge in [-0.2, -0.15) is 0 Å². The van der Waals surface area contributed by atoms with E-state index in [0.717, 1.165) is 25.7 Å². The molecule has 0 bridgehead atoms. The topological polar surface area (TPSA) is 40.5 Å². The molecule has 0 saturated carbocycles. The third-order valence-corrected chi connectivity index (χ3v) is 5.83. The highest BCUT2D eigenvalue weighted by atomic mass is 16.3. The average molecular weight is 385 g/mol. The van der Waals surface area contributed by atoms with Crippen LogP contribution in [0.25, 0.3) is 0 Å². The van der Waals surface area contributed by atoms with E-state index < -0.39 is 0 Å². The molecule has 2 heteroatoms. The van der Waals surface area contributed by atoms with Crippen molar-refractivity contribution in [1.82, 2.24) is 0 Å². The van der Waals surface area contributed by atoms with E-state index in [1.165, 1.54) is 103 Å². The Hall–Kier alpha value is -0.0800. The van der Waals surface area contributed by atoms with Crippen LogP contribution in [0.1, 0.15) is 149 Å². The molecular formula is C25H52O2. The predicted molar refractivity (Wildman–Crippen MR) is 120 cm³/mol. The molecule has 164 valence electrons.